The number of nitrogens with zero attached hydrogens (tertiary/aromatic N) is 2. The van der Waals surface area contributed by atoms with Crippen LogP contribution in [0.1, 0.15) is 13.8 Å². The summed E-state index contributed by atoms with van der Waals surface area (Å²) in [6.07, 6.45) is 3.92. The van der Waals surface area contributed by atoms with Gasteiger partial charge in [0.15, 0.2) is 11.6 Å². The number of allylic oxidation sites excluding steroid dienone is 1. The van der Waals surface area contributed by atoms with Crippen molar-refractivity contribution < 1.29 is 4.74 Å². The van der Waals surface area contributed by atoms with E-state index in [1.807, 2.05) is 18.3 Å². The van der Waals surface area contributed by atoms with E-state index < -0.39 is 0 Å². The van der Waals surface area contributed by atoms with Gasteiger partial charge in [0, 0.05) is 18.4 Å². The van der Waals surface area contributed by atoms with Crippen molar-refractivity contribution in [3.63, 3.8) is 0 Å². The van der Waals surface area contributed by atoms with Gasteiger partial charge in [-0.25, -0.2) is 4.98 Å². The highest BCUT2D eigenvalue weighted by molar-refractivity contribution is 5.54. The van der Waals surface area contributed by atoms with Crippen LogP contribution < -0.4 is 15.0 Å². The first-order valence-electron chi connectivity index (χ1n) is 6.07. The van der Waals surface area contributed by atoms with Crippen molar-refractivity contribution in [3.05, 3.63) is 30.1 Å². The van der Waals surface area contributed by atoms with Gasteiger partial charge < -0.3 is 15.0 Å². The fourth-order valence-electron chi connectivity index (χ4n) is 1.94. The molecule has 17 heavy (non-hydrogen) atoms. The maximum Gasteiger partial charge on any atom is 0.171 e. The maximum atomic E-state index is 5.58. The van der Waals surface area contributed by atoms with Crippen molar-refractivity contribution in [2.24, 2.45) is 0 Å². The molecule has 1 N–H and O–H groups in total. The number of anilines is 1. The summed E-state index contributed by atoms with van der Waals surface area (Å²) >= 11 is 0. The normalized spacial score (nSPS) is 15.2. The third-order valence-corrected chi connectivity index (χ3v) is 2.78. The van der Waals surface area contributed by atoms with E-state index in [2.05, 4.69) is 35.1 Å². The Morgan fingerprint density at radius 3 is 3.29 bits per heavy atom. The minimum atomic E-state index is 0.724. The fourth-order valence-corrected chi connectivity index (χ4v) is 1.94. The quantitative estimate of drug-likeness (QED) is 0.860. The smallest absolute Gasteiger partial charge is 0.171 e. The first-order valence-corrected chi connectivity index (χ1v) is 6.07. The van der Waals surface area contributed by atoms with Gasteiger partial charge in [-0.1, -0.05) is 6.08 Å². The maximum absolute atomic E-state index is 5.58. The van der Waals surface area contributed by atoms with Gasteiger partial charge in [-0.2, -0.15) is 0 Å². The molecule has 0 radical (unpaired) electrons. The Bertz CT molecular complexity index is 403. The van der Waals surface area contributed by atoms with Gasteiger partial charge in [0.25, 0.3) is 0 Å². The summed E-state index contributed by atoms with van der Waals surface area (Å²) in [6, 6.07) is 3.88. The number of hydrogen-bond acceptors (Lipinski definition) is 4. The number of rotatable bonds is 4. The summed E-state index contributed by atoms with van der Waals surface area (Å²) in [5.74, 6) is 1.82. The minimum Gasteiger partial charge on any atom is -0.488 e. The van der Waals surface area contributed by atoms with E-state index in [1.54, 1.807) is 0 Å². The molecule has 1 aliphatic rings. The summed E-state index contributed by atoms with van der Waals surface area (Å²) in [4.78, 5) is 6.64. The molecule has 0 saturated heterocycles. The number of nitrogens with one attached hydrogen (secondary N) is 1. The standard InChI is InChI=1S/C13H19N3O/c1-3-11(14-4-2)10-16-8-9-17-12-6-5-7-15-13(12)16/h3,5-7,14H,4,8-10H2,1-2H3/b11-3-. The molecular weight excluding hydrogens is 214 g/mol. The molecule has 1 aliphatic heterocycles. The lowest BCUT2D eigenvalue weighted by molar-refractivity contribution is 0.306. The molecule has 0 aliphatic carbocycles. The second kappa shape index (κ2) is 5.57. The van der Waals surface area contributed by atoms with Crippen molar-refractivity contribution in [1.82, 2.24) is 10.3 Å². The molecule has 1 aromatic rings. The van der Waals surface area contributed by atoms with Crippen LogP contribution in [0.5, 0.6) is 5.75 Å². The highest BCUT2D eigenvalue weighted by atomic mass is 16.5. The number of likely N-dealkylation sites (N-methyl/N-ethyl adjacent to an activating group) is 1. The van der Waals surface area contributed by atoms with Crippen LogP contribution in [0.25, 0.3) is 0 Å². The molecule has 0 spiro atoms. The van der Waals surface area contributed by atoms with E-state index in [0.717, 1.165) is 37.8 Å². The summed E-state index contributed by atoms with van der Waals surface area (Å²) < 4.78 is 5.58. The molecule has 0 saturated carbocycles. The molecule has 0 atom stereocenters. The predicted octanol–water partition coefficient (Wildman–Crippen LogP) is 1.79. The van der Waals surface area contributed by atoms with Crippen molar-refractivity contribution in [2.45, 2.75) is 13.8 Å². The first-order chi connectivity index (χ1) is 8.35. The largest absolute Gasteiger partial charge is 0.488 e. The van der Waals surface area contributed by atoms with Crippen LogP contribution in [0, 0.1) is 0 Å². The Morgan fingerprint density at radius 1 is 1.65 bits per heavy atom. The molecule has 2 heterocycles. The molecule has 0 aromatic carbocycles. The van der Waals surface area contributed by atoms with E-state index in [-0.39, 0.29) is 0 Å². The number of fused-ring (bicyclic) bond motifs is 1. The Morgan fingerprint density at radius 2 is 2.53 bits per heavy atom. The van der Waals surface area contributed by atoms with Gasteiger partial charge in [0.1, 0.15) is 6.61 Å². The Hall–Kier alpha value is -1.71. The van der Waals surface area contributed by atoms with Crippen LogP contribution in [-0.2, 0) is 0 Å². The van der Waals surface area contributed by atoms with Crippen molar-refractivity contribution in [2.75, 3.05) is 31.1 Å². The van der Waals surface area contributed by atoms with Crippen molar-refractivity contribution in [3.8, 4) is 5.75 Å². The molecular formula is C13H19N3O. The van der Waals surface area contributed by atoms with Crippen LogP contribution in [0.3, 0.4) is 0 Å². The lowest BCUT2D eigenvalue weighted by Crippen LogP contribution is -2.37. The number of pyridine rings is 1. The van der Waals surface area contributed by atoms with Crippen LogP contribution in [0.4, 0.5) is 5.82 Å². The molecule has 92 valence electrons. The molecule has 0 amide bonds. The van der Waals surface area contributed by atoms with Crippen molar-refractivity contribution in [1.29, 1.82) is 0 Å². The SMILES string of the molecule is C/C=C(/CN1CCOc2cccnc21)NCC. The molecule has 0 bridgehead atoms. The van der Waals surface area contributed by atoms with Gasteiger partial charge in [0.05, 0.1) is 13.1 Å². The molecule has 4 heteroatoms. The third-order valence-electron chi connectivity index (χ3n) is 2.78. The number of hydrogen-bond donors (Lipinski definition) is 1. The number of ether oxygens (including phenoxy) is 1. The monoisotopic (exact) mass is 233 g/mol. The summed E-state index contributed by atoms with van der Waals surface area (Å²) in [5, 5.41) is 3.36. The minimum absolute atomic E-state index is 0.724. The zero-order valence-corrected chi connectivity index (χ0v) is 10.4. The second-order valence-electron chi connectivity index (χ2n) is 3.94. The molecule has 0 unspecified atom stereocenters. The first kappa shape index (κ1) is 11.8. The summed E-state index contributed by atoms with van der Waals surface area (Å²) in [5.41, 5.74) is 1.23. The Labute approximate surface area is 102 Å². The van der Waals surface area contributed by atoms with Gasteiger partial charge in [-0.3, -0.25) is 0 Å². The van der Waals surface area contributed by atoms with E-state index in [4.69, 9.17) is 4.74 Å². The average Bonchev–Trinajstić information content (AvgIpc) is 2.38. The number of aromatic nitrogens is 1. The highest BCUT2D eigenvalue weighted by Gasteiger charge is 2.19. The molecule has 2 rings (SSSR count). The molecule has 0 fully saturated rings. The Kier molecular flexibility index (Phi) is 3.85. The van der Waals surface area contributed by atoms with Crippen LogP contribution in [0.2, 0.25) is 0 Å². The molecule has 4 nitrogen and oxygen atoms in total. The zero-order valence-electron chi connectivity index (χ0n) is 10.4. The van der Waals surface area contributed by atoms with Crippen LogP contribution >= 0.6 is 0 Å². The zero-order chi connectivity index (χ0) is 12.1. The fraction of sp³-hybridized carbons (Fsp3) is 0.462. The lowest BCUT2D eigenvalue weighted by atomic mass is 10.3. The summed E-state index contributed by atoms with van der Waals surface area (Å²) in [6.45, 7) is 7.57. The van der Waals surface area contributed by atoms with Gasteiger partial charge in [0.2, 0.25) is 0 Å². The van der Waals surface area contributed by atoms with Gasteiger partial charge in [-0.05, 0) is 26.0 Å². The predicted molar refractivity (Wildman–Crippen MR) is 69.4 cm³/mol. The highest BCUT2D eigenvalue weighted by Crippen LogP contribution is 2.28. The van der Waals surface area contributed by atoms with E-state index in [1.165, 1.54) is 5.70 Å². The lowest BCUT2D eigenvalue weighted by Gasteiger charge is -2.30. The van der Waals surface area contributed by atoms with Crippen LogP contribution in [0.15, 0.2) is 30.1 Å². The molecule has 1 aromatic heterocycles. The summed E-state index contributed by atoms with van der Waals surface area (Å²) in [7, 11) is 0. The van der Waals surface area contributed by atoms with Crippen molar-refractivity contribution >= 4 is 5.82 Å². The van der Waals surface area contributed by atoms with E-state index in [9.17, 15) is 0 Å². The second-order valence-corrected chi connectivity index (χ2v) is 3.94. The average molecular weight is 233 g/mol. The van der Waals surface area contributed by atoms with Gasteiger partial charge >= 0.3 is 0 Å². The Balaban J connectivity index is 2.13. The van der Waals surface area contributed by atoms with Crippen LogP contribution in [-0.4, -0.2) is 31.2 Å². The van der Waals surface area contributed by atoms with Gasteiger partial charge in [-0.15, -0.1) is 0 Å². The van der Waals surface area contributed by atoms with E-state index in [0.29, 0.717) is 0 Å². The van der Waals surface area contributed by atoms with E-state index >= 15 is 0 Å². The topological polar surface area (TPSA) is 37.4 Å². The third kappa shape index (κ3) is 2.70.